The maximum Gasteiger partial charge on any atom is 0.303 e. The van der Waals surface area contributed by atoms with E-state index in [1.54, 1.807) is 0 Å². The molecule has 0 spiro atoms. The molecule has 0 saturated heterocycles. The smallest absolute Gasteiger partial charge is 0.303 e. The lowest BCUT2D eigenvalue weighted by Gasteiger charge is -2.12. The van der Waals surface area contributed by atoms with Crippen molar-refractivity contribution in [3.05, 3.63) is 32.8 Å². The molecule has 0 aliphatic carbocycles. The first kappa shape index (κ1) is 13.9. The second kappa shape index (κ2) is 5.45. The molecule has 4 heteroatoms. The van der Waals surface area contributed by atoms with Crippen molar-refractivity contribution in [1.82, 2.24) is 0 Å². The summed E-state index contributed by atoms with van der Waals surface area (Å²) in [5, 5.41) is 8.59. The number of carbonyl (C=O) groups is 2. The van der Waals surface area contributed by atoms with Gasteiger partial charge >= 0.3 is 5.97 Å². The minimum Gasteiger partial charge on any atom is -0.481 e. The van der Waals surface area contributed by atoms with Gasteiger partial charge in [-0.3, -0.25) is 9.59 Å². The number of benzene rings is 1. The molecule has 0 bridgehead atoms. The van der Waals surface area contributed by atoms with Gasteiger partial charge in [-0.25, -0.2) is 0 Å². The molecule has 1 aromatic carbocycles. The zero-order valence-electron chi connectivity index (χ0n) is 10.1. The van der Waals surface area contributed by atoms with Gasteiger partial charge in [-0.05, 0) is 37.5 Å². The normalized spacial score (nSPS) is 10.4. The number of hydrogen-bond acceptors (Lipinski definition) is 2. The topological polar surface area (TPSA) is 54.4 Å². The summed E-state index contributed by atoms with van der Waals surface area (Å²) in [6.45, 7) is 5.72. The van der Waals surface area contributed by atoms with Crippen LogP contribution in [0.25, 0.3) is 0 Å². The zero-order valence-corrected chi connectivity index (χ0v) is 11.7. The van der Waals surface area contributed by atoms with Crippen LogP contribution in [-0.4, -0.2) is 16.9 Å². The Morgan fingerprint density at radius 1 is 1.18 bits per heavy atom. The van der Waals surface area contributed by atoms with Crippen molar-refractivity contribution >= 4 is 27.7 Å². The van der Waals surface area contributed by atoms with Crippen molar-refractivity contribution in [2.75, 3.05) is 0 Å². The van der Waals surface area contributed by atoms with Crippen LogP contribution in [0.3, 0.4) is 0 Å². The second-order valence-corrected chi connectivity index (χ2v) is 4.93. The van der Waals surface area contributed by atoms with Gasteiger partial charge in [-0.15, -0.1) is 0 Å². The number of aliphatic carboxylic acids is 1. The summed E-state index contributed by atoms with van der Waals surface area (Å²) in [5.74, 6) is -1.05. The third kappa shape index (κ3) is 3.16. The van der Waals surface area contributed by atoms with E-state index < -0.39 is 5.97 Å². The molecule has 0 amide bonds. The zero-order chi connectivity index (χ0) is 13.2. The molecular formula is C13H15BrO3. The average molecular weight is 299 g/mol. The standard InChI is InChI=1S/C13H15BrO3/c1-7-6-8(2)13(14)9(3)12(7)10(15)4-5-11(16)17/h6H,4-5H2,1-3H3,(H,16,17). The van der Waals surface area contributed by atoms with Gasteiger partial charge in [0.15, 0.2) is 5.78 Å². The Labute approximate surface area is 109 Å². The summed E-state index contributed by atoms with van der Waals surface area (Å²) >= 11 is 3.44. The fraction of sp³-hybridized carbons (Fsp3) is 0.385. The highest BCUT2D eigenvalue weighted by molar-refractivity contribution is 9.10. The van der Waals surface area contributed by atoms with E-state index >= 15 is 0 Å². The quantitative estimate of drug-likeness (QED) is 0.867. The lowest BCUT2D eigenvalue weighted by Crippen LogP contribution is -2.08. The van der Waals surface area contributed by atoms with Crippen LogP contribution >= 0.6 is 15.9 Å². The Kier molecular flexibility index (Phi) is 4.46. The SMILES string of the molecule is Cc1cc(C)c(C(=O)CCC(=O)O)c(C)c1Br. The molecule has 1 N–H and O–H groups in total. The predicted molar refractivity (Wildman–Crippen MR) is 69.6 cm³/mol. The van der Waals surface area contributed by atoms with E-state index in [2.05, 4.69) is 15.9 Å². The molecule has 1 aromatic rings. The number of rotatable bonds is 4. The first-order valence-corrected chi connectivity index (χ1v) is 6.15. The van der Waals surface area contributed by atoms with Crippen LogP contribution in [0.4, 0.5) is 0 Å². The molecule has 0 aliphatic heterocycles. The number of halogens is 1. The van der Waals surface area contributed by atoms with Gasteiger partial charge in [0.05, 0.1) is 6.42 Å². The van der Waals surface area contributed by atoms with Crippen molar-refractivity contribution in [3.8, 4) is 0 Å². The van der Waals surface area contributed by atoms with Crippen LogP contribution in [0, 0.1) is 20.8 Å². The molecular weight excluding hydrogens is 284 g/mol. The summed E-state index contributed by atoms with van der Waals surface area (Å²) in [7, 11) is 0. The number of carboxylic acid groups (broad SMARTS) is 1. The summed E-state index contributed by atoms with van der Waals surface area (Å²) in [4.78, 5) is 22.4. The van der Waals surface area contributed by atoms with E-state index in [4.69, 9.17) is 5.11 Å². The summed E-state index contributed by atoms with van der Waals surface area (Å²) in [6.07, 6.45) is -0.0737. The third-order valence-corrected chi connectivity index (χ3v) is 3.94. The Bertz CT molecular complexity index is 478. The van der Waals surface area contributed by atoms with E-state index in [0.717, 1.165) is 21.2 Å². The van der Waals surface area contributed by atoms with E-state index in [1.165, 1.54) is 0 Å². The lowest BCUT2D eigenvalue weighted by atomic mass is 9.94. The van der Waals surface area contributed by atoms with Gasteiger partial charge in [-0.2, -0.15) is 0 Å². The van der Waals surface area contributed by atoms with E-state index in [-0.39, 0.29) is 18.6 Å². The van der Waals surface area contributed by atoms with Crippen LogP contribution in [0.2, 0.25) is 0 Å². The van der Waals surface area contributed by atoms with Crippen molar-refractivity contribution in [3.63, 3.8) is 0 Å². The van der Waals surface area contributed by atoms with Crippen LogP contribution in [-0.2, 0) is 4.79 Å². The monoisotopic (exact) mass is 298 g/mol. The second-order valence-electron chi connectivity index (χ2n) is 4.14. The highest BCUT2D eigenvalue weighted by Gasteiger charge is 2.16. The molecule has 0 atom stereocenters. The Morgan fingerprint density at radius 2 is 1.76 bits per heavy atom. The fourth-order valence-corrected chi connectivity index (χ4v) is 2.25. The Hall–Kier alpha value is -1.16. The molecule has 0 saturated carbocycles. The number of aryl methyl sites for hydroxylation is 2. The molecule has 3 nitrogen and oxygen atoms in total. The Morgan fingerprint density at radius 3 is 2.29 bits per heavy atom. The maximum absolute atomic E-state index is 12.0. The largest absolute Gasteiger partial charge is 0.481 e. The number of carbonyl (C=O) groups excluding carboxylic acids is 1. The average Bonchev–Trinajstić information content (AvgIpc) is 2.23. The number of ketones is 1. The molecule has 17 heavy (non-hydrogen) atoms. The first-order valence-electron chi connectivity index (χ1n) is 5.36. The molecule has 0 aliphatic rings. The van der Waals surface area contributed by atoms with Crippen molar-refractivity contribution in [1.29, 1.82) is 0 Å². The van der Waals surface area contributed by atoms with Crippen molar-refractivity contribution in [2.24, 2.45) is 0 Å². The number of carboxylic acids is 1. The molecule has 0 radical (unpaired) electrons. The predicted octanol–water partition coefficient (Wildman–Crippen LogP) is 3.42. The lowest BCUT2D eigenvalue weighted by molar-refractivity contribution is -0.136. The molecule has 0 fully saturated rings. The first-order chi connectivity index (χ1) is 7.84. The highest BCUT2D eigenvalue weighted by atomic mass is 79.9. The van der Waals surface area contributed by atoms with Gasteiger partial charge < -0.3 is 5.11 Å². The number of Topliss-reactive ketones (excluding diaryl/α,β-unsaturated/α-hetero) is 1. The van der Waals surface area contributed by atoms with Gasteiger partial charge in [-0.1, -0.05) is 22.0 Å². The molecule has 92 valence electrons. The van der Waals surface area contributed by atoms with Gasteiger partial charge in [0.25, 0.3) is 0 Å². The maximum atomic E-state index is 12.0. The number of hydrogen-bond donors (Lipinski definition) is 1. The molecule has 0 heterocycles. The van der Waals surface area contributed by atoms with Crippen LogP contribution in [0.5, 0.6) is 0 Å². The third-order valence-electron chi connectivity index (χ3n) is 2.72. The fourth-order valence-electron chi connectivity index (χ4n) is 1.94. The summed E-state index contributed by atoms with van der Waals surface area (Å²) in [6, 6.07) is 1.94. The summed E-state index contributed by atoms with van der Waals surface area (Å²) < 4.78 is 0.918. The summed E-state index contributed by atoms with van der Waals surface area (Å²) in [5.41, 5.74) is 3.51. The molecule has 0 aromatic heterocycles. The minimum atomic E-state index is -0.945. The van der Waals surface area contributed by atoms with Crippen LogP contribution in [0.15, 0.2) is 10.5 Å². The van der Waals surface area contributed by atoms with E-state index in [0.29, 0.717) is 5.56 Å². The van der Waals surface area contributed by atoms with Gasteiger partial charge in [0, 0.05) is 16.5 Å². The van der Waals surface area contributed by atoms with Crippen LogP contribution in [0.1, 0.15) is 39.9 Å². The minimum absolute atomic E-state index is 0.0481. The van der Waals surface area contributed by atoms with Crippen molar-refractivity contribution < 1.29 is 14.7 Å². The van der Waals surface area contributed by atoms with E-state index in [1.807, 2.05) is 26.8 Å². The molecule has 1 rings (SSSR count). The van der Waals surface area contributed by atoms with Crippen molar-refractivity contribution in [2.45, 2.75) is 33.6 Å². The van der Waals surface area contributed by atoms with E-state index in [9.17, 15) is 9.59 Å². The van der Waals surface area contributed by atoms with Crippen LogP contribution < -0.4 is 0 Å². The molecule has 0 unspecified atom stereocenters. The Balaban J connectivity index is 3.10. The van der Waals surface area contributed by atoms with Gasteiger partial charge in [0.1, 0.15) is 0 Å². The van der Waals surface area contributed by atoms with Gasteiger partial charge in [0.2, 0.25) is 0 Å². The highest BCUT2D eigenvalue weighted by Crippen LogP contribution is 2.28.